The first-order chi connectivity index (χ1) is 8.99. The summed E-state index contributed by atoms with van der Waals surface area (Å²) in [7, 11) is 0. The molecule has 19 heavy (non-hydrogen) atoms. The van der Waals surface area contributed by atoms with Crippen LogP contribution < -0.4 is 11.1 Å². The number of amides is 1. The van der Waals surface area contributed by atoms with Crippen molar-refractivity contribution in [2.24, 2.45) is 0 Å². The highest BCUT2D eigenvalue weighted by molar-refractivity contribution is 6.33. The molecule has 0 saturated carbocycles. The molecule has 0 unspecified atom stereocenters. The molecule has 0 aliphatic heterocycles. The number of anilines is 2. The highest BCUT2D eigenvalue weighted by atomic mass is 35.5. The van der Waals surface area contributed by atoms with Crippen molar-refractivity contribution in [3.8, 4) is 0 Å². The van der Waals surface area contributed by atoms with E-state index in [1.807, 2.05) is 0 Å². The van der Waals surface area contributed by atoms with Gasteiger partial charge in [0, 0.05) is 18.0 Å². The molecule has 1 amide bonds. The third kappa shape index (κ3) is 2.79. The van der Waals surface area contributed by atoms with Crippen LogP contribution in [0.4, 0.5) is 20.3 Å². The lowest BCUT2D eigenvalue weighted by Gasteiger charge is -2.08. The van der Waals surface area contributed by atoms with Gasteiger partial charge in [-0.1, -0.05) is 11.6 Å². The molecule has 7 heteroatoms. The molecule has 0 radical (unpaired) electrons. The van der Waals surface area contributed by atoms with Crippen molar-refractivity contribution in [1.82, 2.24) is 4.98 Å². The number of hydrogen-bond acceptors (Lipinski definition) is 3. The standard InChI is InChI=1S/C12H8ClF2N3O/c13-7-2-1-3-17-11(7)18-12(19)6-4-8(14)9(15)5-10(6)16/h1-5H,16H2,(H,17,18,19). The predicted molar refractivity (Wildman–Crippen MR) is 68.0 cm³/mol. The van der Waals surface area contributed by atoms with Crippen LogP contribution in [0.5, 0.6) is 0 Å². The average molecular weight is 284 g/mol. The molecule has 0 aliphatic rings. The number of carbonyl (C=O) groups excluding carboxylic acids is 1. The molecule has 0 aliphatic carbocycles. The summed E-state index contributed by atoms with van der Waals surface area (Å²) >= 11 is 5.81. The van der Waals surface area contributed by atoms with E-state index < -0.39 is 17.5 Å². The molecule has 0 bridgehead atoms. The van der Waals surface area contributed by atoms with Gasteiger partial charge in [0.25, 0.3) is 5.91 Å². The van der Waals surface area contributed by atoms with Crippen molar-refractivity contribution in [3.63, 3.8) is 0 Å². The van der Waals surface area contributed by atoms with Crippen molar-refractivity contribution >= 4 is 29.0 Å². The zero-order chi connectivity index (χ0) is 14.0. The van der Waals surface area contributed by atoms with Gasteiger partial charge in [0.05, 0.1) is 10.6 Å². The number of hydrogen-bond donors (Lipinski definition) is 2. The molecule has 3 N–H and O–H groups in total. The van der Waals surface area contributed by atoms with E-state index in [0.717, 1.165) is 12.1 Å². The third-order valence-electron chi connectivity index (χ3n) is 2.33. The minimum absolute atomic E-state index is 0.110. The van der Waals surface area contributed by atoms with Crippen LogP contribution in [0, 0.1) is 11.6 Å². The Kier molecular flexibility index (Phi) is 3.62. The van der Waals surface area contributed by atoms with E-state index in [-0.39, 0.29) is 22.1 Å². The smallest absolute Gasteiger partial charge is 0.259 e. The van der Waals surface area contributed by atoms with E-state index in [0.29, 0.717) is 0 Å². The lowest BCUT2D eigenvalue weighted by atomic mass is 10.1. The molecule has 4 nitrogen and oxygen atoms in total. The Bertz CT molecular complexity index is 649. The zero-order valence-corrected chi connectivity index (χ0v) is 10.2. The molecular formula is C12H8ClF2N3O. The van der Waals surface area contributed by atoms with E-state index in [9.17, 15) is 13.6 Å². The van der Waals surface area contributed by atoms with Gasteiger partial charge in [0.15, 0.2) is 17.5 Å². The molecule has 2 aromatic rings. The number of nitrogens with one attached hydrogen (secondary N) is 1. The van der Waals surface area contributed by atoms with Crippen molar-refractivity contribution in [1.29, 1.82) is 0 Å². The average Bonchev–Trinajstić information content (AvgIpc) is 2.36. The first kappa shape index (κ1) is 13.2. The maximum atomic E-state index is 13.1. The van der Waals surface area contributed by atoms with Crippen molar-refractivity contribution < 1.29 is 13.6 Å². The van der Waals surface area contributed by atoms with Gasteiger partial charge in [0.2, 0.25) is 0 Å². The van der Waals surface area contributed by atoms with Crippen LogP contribution >= 0.6 is 11.6 Å². The number of aromatic nitrogens is 1. The molecule has 0 spiro atoms. The van der Waals surface area contributed by atoms with Crippen molar-refractivity contribution in [2.45, 2.75) is 0 Å². The van der Waals surface area contributed by atoms with Crippen molar-refractivity contribution in [2.75, 3.05) is 11.1 Å². The molecule has 1 heterocycles. The summed E-state index contributed by atoms with van der Waals surface area (Å²) in [4.78, 5) is 15.7. The quantitative estimate of drug-likeness (QED) is 0.833. The SMILES string of the molecule is Nc1cc(F)c(F)cc1C(=O)Nc1ncccc1Cl. The maximum absolute atomic E-state index is 13.1. The molecule has 1 aromatic carbocycles. The number of carbonyl (C=O) groups is 1. The van der Waals surface area contributed by atoms with Crippen LogP contribution in [-0.2, 0) is 0 Å². The fraction of sp³-hybridized carbons (Fsp3) is 0. The van der Waals surface area contributed by atoms with Gasteiger partial charge in [-0.25, -0.2) is 13.8 Å². The second-order valence-electron chi connectivity index (χ2n) is 3.64. The van der Waals surface area contributed by atoms with E-state index in [1.165, 1.54) is 12.3 Å². The van der Waals surface area contributed by atoms with Gasteiger partial charge < -0.3 is 11.1 Å². The summed E-state index contributed by atoms with van der Waals surface area (Å²) in [5, 5.41) is 2.58. The molecular weight excluding hydrogens is 276 g/mol. The lowest BCUT2D eigenvalue weighted by Crippen LogP contribution is -2.16. The normalized spacial score (nSPS) is 10.3. The summed E-state index contributed by atoms with van der Waals surface area (Å²) in [5.74, 6) is -2.90. The molecule has 0 fully saturated rings. The highest BCUT2D eigenvalue weighted by Crippen LogP contribution is 2.21. The summed E-state index contributed by atoms with van der Waals surface area (Å²) < 4.78 is 26.0. The Morgan fingerprint density at radius 3 is 2.68 bits per heavy atom. The number of rotatable bonds is 2. The minimum atomic E-state index is -1.16. The minimum Gasteiger partial charge on any atom is -0.398 e. The lowest BCUT2D eigenvalue weighted by molar-refractivity contribution is 0.102. The summed E-state index contributed by atoms with van der Waals surface area (Å²) in [5.41, 5.74) is 5.09. The third-order valence-corrected chi connectivity index (χ3v) is 2.63. The van der Waals surface area contributed by atoms with Gasteiger partial charge in [-0.2, -0.15) is 0 Å². The van der Waals surface area contributed by atoms with Gasteiger partial charge in [-0.3, -0.25) is 4.79 Å². The van der Waals surface area contributed by atoms with E-state index >= 15 is 0 Å². The number of nitrogens with two attached hydrogens (primary N) is 1. The fourth-order valence-corrected chi connectivity index (χ4v) is 1.58. The monoisotopic (exact) mass is 283 g/mol. The maximum Gasteiger partial charge on any atom is 0.259 e. The van der Waals surface area contributed by atoms with Crippen molar-refractivity contribution in [3.05, 3.63) is 52.7 Å². The Morgan fingerprint density at radius 2 is 2.00 bits per heavy atom. The first-order valence-corrected chi connectivity index (χ1v) is 5.53. The molecule has 1 aromatic heterocycles. The predicted octanol–water partition coefficient (Wildman–Crippen LogP) is 2.85. The molecule has 98 valence electrons. The van der Waals surface area contributed by atoms with Crippen LogP contribution in [0.3, 0.4) is 0 Å². The van der Waals surface area contributed by atoms with Gasteiger partial charge >= 0.3 is 0 Å². The fourth-order valence-electron chi connectivity index (χ4n) is 1.41. The molecule has 0 atom stereocenters. The number of nitrogens with zero attached hydrogens (tertiary/aromatic N) is 1. The number of nitrogen functional groups attached to an aromatic ring is 1. The number of benzene rings is 1. The van der Waals surface area contributed by atoms with E-state index in [2.05, 4.69) is 10.3 Å². The summed E-state index contributed by atoms with van der Waals surface area (Å²) in [6, 6.07) is 4.57. The van der Waals surface area contributed by atoms with Gasteiger partial charge in [-0.05, 0) is 18.2 Å². The van der Waals surface area contributed by atoms with Crippen LogP contribution in [0.25, 0.3) is 0 Å². The zero-order valence-electron chi connectivity index (χ0n) is 9.45. The van der Waals surface area contributed by atoms with Gasteiger partial charge in [0.1, 0.15) is 0 Å². The summed E-state index contributed by atoms with van der Waals surface area (Å²) in [6.45, 7) is 0. The molecule has 2 rings (SSSR count). The van der Waals surface area contributed by atoms with Gasteiger partial charge in [-0.15, -0.1) is 0 Å². The van der Waals surface area contributed by atoms with Crippen LogP contribution in [-0.4, -0.2) is 10.9 Å². The topological polar surface area (TPSA) is 68.0 Å². The number of halogens is 3. The second kappa shape index (κ2) is 5.19. The first-order valence-electron chi connectivity index (χ1n) is 5.15. The Morgan fingerprint density at radius 1 is 1.32 bits per heavy atom. The largest absolute Gasteiger partial charge is 0.398 e. The van der Waals surface area contributed by atoms with Crippen LogP contribution in [0.2, 0.25) is 5.02 Å². The molecule has 0 saturated heterocycles. The van der Waals surface area contributed by atoms with E-state index in [4.69, 9.17) is 17.3 Å². The summed E-state index contributed by atoms with van der Waals surface area (Å²) in [6.07, 6.45) is 1.43. The second-order valence-corrected chi connectivity index (χ2v) is 4.05. The Balaban J connectivity index is 2.31. The Hall–Kier alpha value is -2.21. The Labute approximate surface area is 112 Å². The van der Waals surface area contributed by atoms with Crippen LogP contribution in [0.1, 0.15) is 10.4 Å². The van der Waals surface area contributed by atoms with Crippen LogP contribution in [0.15, 0.2) is 30.5 Å². The number of pyridine rings is 1. The van der Waals surface area contributed by atoms with E-state index in [1.54, 1.807) is 6.07 Å². The highest BCUT2D eigenvalue weighted by Gasteiger charge is 2.15.